The van der Waals surface area contributed by atoms with Gasteiger partial charge in [0.15, 0.2) is 0 Å². The molecule has 3 N–H and O–H groups in total. The lowest BCUT2D eigenvalue weighted by molar-refractivity contribution is -0.137. The first-order valence-corrected chi connectivity index (χ1v) is 14.5. The van der Waals surface area contributed by atoms with Gasteiger partial charge in [0.2, 0.25) is 11.8 Å². The van der Waals surface area contributed by atoms with Gasteiger partial charge in [-0.25, -0.2) is 0 Å². The van der Waals surface area contributed by atoms with E-state index in [2.05, 4.69) is 12.2 Å². The summed E-state index contributed by atoms with van der Waals surface area (Å²) < 4.78 is 5.94. The number of rotatable bonds is 22. The summed E-state index contributed by atoms with van der Waals surface area (Å²) in [4.78, 5) is 36.6. The van der Waals surface area contributed by atoms with E-state index in [1.54, 1.807) is 32.3 Å². The zero-order valence-electron chi connectivity index (χ0n) is 24.3. The molecule has 0 heterocycles. The van der Waals surface area contributed by atoms with Crippen LogP contribution in [-0.4, -0.2) is 59.7 Å². The molecule has 39 heavy (non-hydrogen) atoms. The second-order valence-corrected chi connectivity index (χ2v) is 10.3. The van der Waals surface area contributed by atoms with Crippen molar-refractivity contribution in [3.63, 3.8) is 0 Å². The van der Waals surface area contributed by atoms with Crippen LogP contribution in [0.5, 0.6) is 5.75 Å². The zero-order valence-corrected chi connectivity index (χ0v) is 24.3. The number of carboxylic acids is 1. The van der Waals surface area contributed by atoms with Crippen molar-refractivity contribution >= 4 is 23.5 Å². The molecule has 1 aromatic carbocycles. The Labute approximate surface area is 234 Å². The number of carboxylic acid groups (broad SMARTS) is 1. The highest BCUT2D eigenvalue weighted by atomic mass is 16.5. The molecule has 0 bridgehead atoms. The van der Waals surface area contributed by atoms with Crippen LogP contribution < -0.4 is 10.1 Å². The number of aliphatic carboxylic acids is 1. The van der Waals surface area contributed by atoms with Gasteiger partial charge in [0.1, 0.15) is 5.75 Å². The van der Waals surface area contributed by atoms with Crippen molar-refractivity contribution in [2.24, 2.45) is 0 Å². The molecule has 0 aromatic heterocycles. The Morgan fingerprint density at radius 3 is 2.44 bits per heavy atom. The third kappa shape index (κ3) is 17.4. The van der Waals surface area contributed by atoms with E-state index in [9.17, 15) is 19.5 Å². The lowest BCUT2D eigenvalue weighted by atomic mass is 10.1. The summed E-state index contributed by atoms with van der Waals surface area (Å²) in [6.07, 6.45) is 15.6. The molecule has 0 spiro atoms. The quantitative estimate of drug-likeness (QED) is 0.119. The molecule has 8 nitrogen and oxygen atoms in total. The number of benzene rings is 1. The predicted octanol–water partition coefficient (Wildman–Crippen LogP) is 6.12. The number of hydrogen-bond donors (Lipinski definition) is 3. The van der Waals surface area contributed by atoms with E-state index >= 15 is 0 Å². The topological polar surface area (TPSA) is 116 Å². The maximum atomic E-state index is 12.3. The van der Waals surface area contributed by atoms with E-state index < -0.39 is 5.97 Å². The number of unbranched alkanes of at least 4 members (excludes halogenated alkanes) is 7. The number of anilines is 1. The molecule has 8 heteroatoms. The molecule has 1 atom stereocenters. The number of hydrogen-bond acceptors (Lipinski definition) is 5. The average Bonchev–Trinajstić information content (AvgIpc) is 2.89. The molecule has 0 radical (unpaired) electrons. The minimum atomic E-state index is -0.897. The van der Waals surface area contributed by atoms with Crippen molar-refractivity contribution in [2.75, 3.05) is 26.0 Å². The standard InChI is InChI=1S/C31H50N2O6/c1-4-5-6-7-8-11-15-27(34)16-12-9-10-13-23-39-28-21-20-26(24-25(28)19-22-31(37)38)32-29(35)17-14-18-30(36)33(2)3/h12,16,20-21,24,27,34H,4-11,13-15,17-19,22-23H2,1-3H3,(H,32,35)(H,37,38). The summed E-state index contributed by atoms with van der Waals surface area (Å²) in [7, 11) is 3.37. The van der Waals surface area contributed by atoms with Gasteiger partial charge in [-0.2, -0.15) is 0 Å². The molecule has 0 aliphatic carbocycles. The van der Waals surface area contributed by atoms with Crippen LogP contribution in [0.4, 0.5) is 5.69 Å². The number of carbonyl (C=O) groups is 3. The third-order valence-corrected chi connectivity index (χ3v) is 6.48. The molecular weight excluding hydrogens is 496 g/mol. The summed E-state index contributed by atoms with van der Waals surface area (Å²) in [5.74, 6) is -0.482. The number of aliphatic hydroxyl groups excluding tert-OH is 1. The van der Waals surface area contributed by atoms with Crippen molar-refractivity contribution in [1.82, 2.24) is 4.90 Å². The lowest BCUT2D eigenvalue weighted by Crippen LogP contribution is -2.21. The smallest absolute Gasteiger partial charge is 0.303 e. The minimum Gasteiger partial charge on any atom is -0.493 e. The van der Waals surface area contributed by atoms with E-state index in [-0.39, 0.29) is 30.8 Å². The Kier molecular flexibility index (Phi) is 18.4. The molecule has 0 aliphatic rings. The van der Waals surface area contributed by atoms with E-state index in [0.29, 0.717) is 37.3 Å². The van der Waals surface area contributed by atoms with E-state index in [1.165, 1.54) is 37.0 Å². The van der Waals surface area contributed by atoms with Crippen molar-refractivity contribution in [1.29, 1.82) is 0 Å². The third-order valence-electron chi connectivity index (χ3n) is 6.48. The maximum Gasteiger partial charge on any atom is 0.303 e. The molecule has 1 aromatic rings. The van der Waals surface area contributed by atoms with Crippen LogP contribution in [0, 0.1) is 0 Å². The van der Waals surface area contributed by atoms with Gasteiger partial charge < -0.3 is 25.2 Å². The number of allylic oxidation sites excluding steroid dienone is 1. The average molecular weight is 547 g/mol. The fourth-order valence-corrected chi connectivity index (χ4v) is 4.11. The molecule has 2 amide bonds. The Morgan fingerprint density at radius 1 is 0.974 bits per heavy atom. The van der Waals surface area contributed by atoms with E-state index in [4.69, 9.17) is 9.84 Å². The van der Waals surface area contributed by atoms with Crippen LogP contribution in [0.25, 0.3) is 0 Å². The summed E-state index contributed by atoms with van der Waals surface area (Å²) in [5, 5.41) is 22.0. The van der Waals surface area contributed by atoms with Crippen LogP contribution in [0.15, 0.2) is 30.4 Å². The first kappa shape index (κ1) is 34.2. The number of nitrogens with one attached hydrogen (secondary N) is 1. The highest BCUT2D eigenvalue weighted by molar-refractivity contribution is 5.91. The van der Waals surface area contributed by atoms with E-state index in [0.717, 1.165) is 37.7 Å². The Balaban J connectivity index is 2.43. The summed E-state index contributed by atoms with van der Waals surface area (Å²) in [5.41, 5.74) is 1.31. The highest BCUT2D eigenvalue weighted by Gasteiger charge is 2.11. The highest BCUT2D eigenvalue weighted by Crippen LogP contribution is 2.25. The summed E-state index contributed by atoms with van der Waals surface area (Å²) in [6.45, 7) is 2.71. The van der Waals surface area contributed by atoms with Crippen LogP contribution >= 0.6 is 0 Å². The minimum absolute atomic E-state index is 0.0163. The molecule has 220 valence electrons. The summed E-state index contributed by atoms with van der Waals surface area (Å²) in [6, 6.07) is 5.27. The normalized spacial score (nSPS) is 11.9. The van der Waals surface area contributed by atoms with Crippen LogP contribution in [-0.2, 0) is 20.8 Å². The second-order valence-electron chi connectivity index (χ2n) is 10.3. The fourth-order valence-electron chi connectivity index (χ4n) is 4.11. The van der Waals surface area contributed by atoms with Gasteiger partial charge in [0.25, 0.3) is 0 Å². The first-order chi connectivity index (χ1) is 18.7. The Bertz CT molecular complexity index is 884. The molecule has 0 saturated carbocycles. The molecule has 1 unspecified atom stereocenters. The predicted molar refractivity (Wildman–Crippen MR) is 156 cm³/mol. The van der Waals surface area contributed by atoms with E-state index in [1.807, 2.05) is 12.2 Å². The number of carbonyl (C=O) groups excluding carboxylic acids is 2. The van der Waals surface area contributed by atoms with Crippen molar-refractivity contribution < 1.29 is 29.3 Å². The molecular formula is C31H50N2O6. The lowest BCUT2D eigenvalue weighted by Gasteiger charge is -2.14. The number of aryl methyl sites for hydroxylation is 1. The number of aliphatic hydroxyl groups is 1. The molecule has 0 saturated heterocycles. The SMILES string of the molecule is CCCCCCCCC(O)C=CCCCCOc1ccc(NC(=O)CCCC(=O)N(C)C)cc1CCC(=O)O. The Morgan fingerprint density at radius 2 is 1.72 bits per heavy atom. The fraction of sp³-hybridized carbons (Fsp3) is 0.645. The van der Waals surface area contributed by atoms with Gasteiger partial charge in [-0.05, 0) is 62.3 Å². The molecule has 1 rings (SSSR count). The molecule has 0 fully saturated rings. The monoisotopic (exact) mass is 546 g/mol. The Hall–Kier alpha value is -2.87. The second kappa shape index (κ2) is 21.0. The van der Waals surface area contributed by atoms with Crippen molar-refractivity contribution in [2.45, 2.75) is 109 Å². The van der Waals surface area contributed by atoms with Gasteiger partial charge in [-0.3, -0.25) is 14.4 Å². The number of nitrogens with zero attached hydrogens (tertiary/aromatic N) is 1. The van der Waals surface area contributed by atoms with Gasteiger partial charge >= 0.3 is 5.97 Å². The van der Waals surface area contributed by atoms with Gasteiger partial charge in [-0.15, -0.1) is 0 Å². The number of amides is 2. The first-order valence-electron chi connectivity index (χ1n) is 14.5. The van der Waals surface area contributed by atoms with Gasteiger partial charge in [0.05, 0.1) is 12.7 Å². The van der Waals surface area contributed by atoms with Crippen LogP contribution in [0.2, 0.25) is 0 Å². The van der Waals surface area contributed by atoms with Gasteiger partial charge in [-0.1, -0.05) is 57.6 Å². The molecule has 0 aliphatic heterocycles. The number of ether oxygens (including phenoxy) is 1. The maximum absolute atomic E-state index is 12.3. The zero-order chi connectivity index (χ0) is 28.9. The van der Waals surface area contributed by atoms with Crippen LogP contribution in [0.3, 0.4) is 0 Å². The largest absolute Gasteiger partial charge is 0.493 e. The van der Waals surface area contributed by atoms with Crippen LogP contribution in [0.1, 0.15) is 102 Å². The van der Waals surface area contributed by atoms with Crippen molar-refractivity contribution in [3.05, 3.63) is 35.9 Å². The summed E-state index contributed by atoms with van der Waals surface area (Å²) >= 11 is 0. The van der Waals surface area contributed by atoms with Crippen molar-refractivity contribution in [3.8, 4) is 5.75 Å². The van der Waals surface area contributed by atoms with Gasteiger partial charge in [0, 0.05) is 39.0 Å².